The lowest BCUT2D eigenvalue weighted by atomic mass is 10.2. The summed E-state index contributed by atoms with van der Waals surface area (Å²) in [6, 6.07) is 0. The Bertz CT molecular complexity index is 193. The summed E-state index contributed by atoms with van der Waals surface area (Å²) in [5.41, 5.74) is 0. The molecule has 0 aromatic heterocycles. The minimum absolute atomic E-state index is 0.217. The van der Waals surface area contributed by atoms with Crippen molar-refractivity contribution in [3.63, 3.8) is 0 Å². The first kappa shape index (κ1) is 13.8. The highest BCUT2D eigenvalue weighted by atomic mass is 17.1. The molecular formula is C8H14O7. The lowest BCUT2D eigenvalue weighted by molar-refractivity contribution is -0.257. The van der Waals surface area contributed by atoms with Crippen molar-refractivity contribution < 1.29 is 34.6 Å². The Morgan fingerprint density at radius 2 is 1.33 bits per heavy atom. The molecule has 0 rings (SSSR count). The second-order valence-corrected chi connectivity index (χ2v) is 2.75. The van der Waals surface area contributed by atoms with E-state index in [-0.39, 0.29) is 12.8 Å². The van der Waals surface area contributed by atoms with Crippen molar-refractivity contribution in [2.75, 3.05) is 0 Å². The zero-order valence-corrected chi connectivity index (χ0v) is 8.50. The van der Waals surface area contributed by atoms with Crippen LogP contribution in [-0.2, 0) is 24.1 Å². The standard InChI is InChI=1S/C8H14O7/c1-3-5(7(9)14-11)13-6(4-2)8(10)15-12/h5-6,11-12H,3-4H2,1-2H3. The molecule has 0 saturated carbocycles. The maximum atomic E-state index is 10.9. The third kappa shape index (κ3) is 4.24. The van der Waals surface area contributed by atoms with Crippen LogP contribution < -0.4 is 0 Å². The van der Waals surface area contributed by atoms with Crippen LogP contribution in [0, 0.1) is 0 Å². The molecule has 0 fully saturated rings. The van der Waals surface area contributed by atoms with Crippen molar-refractivity contribution in [3.8, 4) is 0 Å². The summed E-state index contributed by atoms with van der Waals surface area (Å²) in [7, 11) is 0. The molecule has 0 heterocycles. The minimum atomic E-state index is -1.07. The second kappa shape index (κ2) is 7.16. The Hall–Kier alpha value is -1.18. The van der Waals surface area contributed by atoms with Crippen molar-refractivity contribution in [2.45, 2.75) is 38.9 Å². The molecule has 0 saturated heterocycles. The normalized spacial score (nSPS) is 14.1. The van der Waals surface area contributed by atoms with Crippen LogP contribution in [0.25, 0.3) is 0 Å². The fourth-order valence-corrected chi connectivity index (χ4v) is 0.953. The van der Waals surface area contributed by atoms with Crippen molar-refractivity contribution in [2.24, 2.45) is 0 Å². The van der Waals surface area contributed by atoms with E-state index in [1.54, 1.807) is 13.8 Å². The zero-order chi connectivity index (χ0) is 11.8. The third-order valence-corrected chi connectivity index (χ3v) is 1.78. The highest BCUT2D eigenvalue weighted by molar-refractivity contribution is 5.76. The van der Waals surface area contributed by atoms with E-state index in [4.69, 9.17) is 15.3 Å². The molecule has 0 spiro atoms. The average molecular weight is 222 g/mol. The molecule has 7 heteroatoms. The van der Waals surface area contributed by atoms with E-state index in [9.17, 15) is 9.59 Å². The van der Waals surface area contributed by atoms with Crippen LogP contribution in [0.1, 0.15) is 26.7 Å². The minimum Gasteiger partial charge on any atom is -0.351 e. The molecule has 7 nitrogen and oxygen atoms in total. The molecule has 88 valence electrons. The van der Waals surface area contributed by atoms with Gasteiger partial charge >= 0.3 is 11.9 Å². The van der Waals surface area contributed by atoms with Crippen molar-refractivity contribution in [1.29, 1.82) is 0 Å². The summed E-state index contributed by atoms with van der Waals surface area (Å²) in [6.45, 7) is 3.22. The van der Waals surface area contributed by atoms with Gasteiger partial charge in [0.1, 0.15) is 0 Å². The molecule has 0 aliphatic heterocycles. The average Bonchev–Trinajstić information content (AvgIpc) is 2.28. The predicted molar refractivity (Wildman–Crippen MR) is 46.7 cm³/mol. The monoisotopic (exact) mass is 222 g/mol. The van der Waals surface area contributed by atoms with E-state index in [2.05, 4.69) is 9.78 Å². The fraction of sp³-hybridized carbons (Fsp3) is 0.750. The van der Waals surface area contributed by atoms with Gasteiger partial charge in [-0.1, -0.05) is 13.8 Å². The van der Waals surface area contributed by atoms with Crippen molar-refractivity contribution in [1.82, 2.24) is 0 Å². The van der Waals surface area contributed by atoms with Gasteiger partial charge in [-0.3, -0.25) is 9.78 Å². The van der Waals surface area contributed by atoms with Gasteiger partial charge in [0, 0.05) is 0 Å². The summed E-state index contributed by atoms with van der Waals surface area (Å²) in [5.74, 6) is -2.00. The largest absolute Gasteiger partial charge is 0.370 e. The molecule has 0 aliphatic carbocycles. The summed E-state index contributed by atoms with van der Waals surface area (Å²) in [4.78, 5) is 28.8. The molecule has 0 amide bonds. The molecule has 2 unspecified atom stereocenters. The van der Waals surface area contributed by atoms with Crippen LogP contribution >= 0.6 is 0 Å². The third-order valence-electron chi connectivity index (χ3n) is 1.78. The summed E-state index contributed by atoms with van der Waals surface area (Å²) >= 11 is 0. The van der Waals surface area contributed by atoms with Crippen LogP contribution in [0.4, 0.5) is 0 Å². The van der Waals surface area contributed by atoms with Gasteiger partial charge < -0.3 is 4.74 Å². The Balaban J connectivity index is 4.36. The van der Waals surface area contributed by atoms with E-state index < -0.39 is 24.1 Å². The second-order valence-electron chi connectivity index (χ2n) is 2.75. The lowest BCUT2D eigenvalue weighted by Crippen LogP contribution is -2.34. The summed E-state index contributed by atoms with van der Waals surface area (Å²) in [5, 5.41) is 16.2. The first-order chi connectivity index (χ1) is 7.10. The van der Waals surface area contributed by atoms with Gasteiger partial charge in [-0.2, -0.15) is 10.5 Å². The quantitative estimate of drug-likeness (QED) is 0.500. The fourth-order valence-electron chi connectivity index (χ4n) is 0.953. The Kier molecular flexibility index (Phi) is 6.59. The number of carbonyl (C=O) groups is 2. The summed E-state index contributed by atoms with van der Waals surface area (Å²) in [6.07, 6.45) is -1.71. The van der Waals surface area contributed by atoms with E-state index in [1.165, 1.54) is 0 Å². The Labute approximate surface area is 86.4 Å². The maximum Gasteiger partial charge on any atom is 0.370 e. The topological polar surface area (TPSA) is 102 Å². The van der Waals surface area contributed by atoms with E-state index in [0.717, 1.165) is 0 Å². The van der Waals surface area contributed by atoms with Crippen LogP contribution in [-0.4, -0.2) is 34.7 Å². The van der Waals surface area contributed by atoms with Gasteiger partial charge in [0.2, 0.25) is 0 Å². The van der Waals surface area contributed by atoms with E-state index in [0.29, 0.717) is 0 Å². The Morgan fingerprint density at radius 3 is 1.53 bits per heavy atom. The highest BCUT2D eigenvalue weighted by Crippen LogP contribution is 2.09. The molecule has 2 N–H and O–H groups in total. The number of rotatable bonds is 6. The van der Waals surface area contributed by atoms with Crippen LogP contribution in [0.5, 0.6) is 0 Å². The number of ether oxygens (including phenoxy) is 1. The molecule has 0 radical (unpaired) electrons. The van der Waals surface area contributed by atoms with Crippen molar-refractivity contribution in [3.05, 3.63) is 0 Å². The molecule has 0 aromatic rings. The number of hydrogen-bond donors (Lipinski definition) is 2. The molecule has 0 aromatic carbocycles. The number of carbonyl (C=O) groups excluding carboxylic acids is 2. The van der Waals surface area contributed by atoms with Gasteiger partial charge in [-0.15, -0.1) is 0 Å². The van der Waals surface area contributed by atoms with Crippen LogP contribution in [0.3, 0.4) is 0 Å². The predicted octanol–water partition coefficient (Wildman–Crippen LogP) is 0.593. The number of hydrogen-bond acceptors (Lipinski definition) is 7. The molecule has 15 heavy (non-hydrogen) atoms. The van der Waals surface area contributed by atoms with Gasteiger partial charge in [-0.05, 0) is 12.8 Å². The van der Waals surface area contributed by atoms with E-state index in [1.807, 2.05) is 0 Å². The first-order valence-corrected chi connectivity index (χ1v) is 4.46. The zero-order valence-electron chi connectivity index (χ0n) is 8.50. The molecule has 0 bridgehead atoms. The first-order valence-electron chi connectivity index (χ1n) is 4.46. The van der Waals surface area contributed by atoms with Gasteiger partial charge in [-0.25, -0.2) is 9.59 Å². The van der Waals surface area contributed by atoms with Crippen molar-refractivity contribution >= 4 is 11.9 Å². The van der Waals surface area contributed by atoms with Gasteiger partial charge in [0.15, 0.2) is 12.2 Å². The maximum absolute atomic E-state index is 10.9. The van der Waals surface area contributed by atoms with Crippen LogP contribution in [0.15, 0.2) is 0 Å². The lowest BCUT2D eigenvalue weighted by Gasteiger charge is -2.17. The van der Waals surface area contributed by atoms with Gasteiger partial charge in [0.05, 0.1) is 0 Å². The van der Waals surface area contributed by atoms with Crippen LogP contribution in [0.2, 0.25) is 0 Å². The smallest absolute Gasteiger partial charge is 0.351 e. The van der Waals surface area contributed by atoms with E-state index >= 15 is 0 Å². The van der Waals surface area contributed by atoms with Gasteiger partial charge in [0.25, 0.3) is 0 Å². The molecular weight excluding hydrogens is 208 g/mol. The SMILES string of the molecule is CCC(OC(CC)C(=O)OO)C(=O)OO. The highest BCUT2D eigenvalue weighted by Gasteiger charge is 2.28. The summed E-state index contributed by atoms with van der Waals surface area (Å²) < 4.78 is 4.99. The molecule has 2 atom stereocenters. The molecule has 0 aliphatic rings. The Morgan fingerprint density at radius 1 is 1.00 bits per heavy atom.